The molecule has 0 heterocycles. The molecule has 0 saturated carbocycles. The predicted molar refractivity (Wildman–Crippen MR) is 92.9 cm³/mol. The highest BCUT2D eigenvalue weighted by Gasteiger charge is 2.13. The van der Waals surface area contributed by atoms with Crippen molar-refractivity contribution in [2.75, 3.05) is 6.16 Å². The molecular formula is C19H25P. The molecule has 2 rings (SSSR count). The average Bonchev–Trinajstić information content (AvgIpc) is 2.43. The van der Waals surface area contributed by atoms with Gasteiger partial charge < -0.3 is 0 Å². The average molecular weight is 284 g/mol. The molecule has 0 radical (unpaired) electrons. The van der Waals surface area contributed by atoms with Crippen molar-refractivity contribution in [3.05, 3.63) is 59.7 Å². The Morgan fingerprint density at radius 2 is 1.35 bits per heavy atom. The molecule has 0 amide bonds. The summed E-state index contributed by atoms with van der Waals surface area (Å²) < 4.78 is 0. The lowest BCUT2D eigenvalue weighted by Crippen LogP contribution is -2.14. The largest absolute Gasteiger partial charge is 0.0654 e. The Morgan fingerprint density at radius 3 is 1.80 bits per heavy atom. The van der Waals surface area contributed by atoms with E-state index in [0.717, 1.165) is 0 Å². The summed E-state index contributed by atoms with van der Waals surface area (Å²) in [5.74, 6) is 0. The van der Waals surface area contributed by atoms with Gasteiger partial charge >= 0.3 is 0 Å². The van der Waals surface area contributed by atoms with Crippen molar-refractivity contribution in [2.45, 2.75) is 40.0 Å². The van der Waals surface area contributed by atoms with Gasteiger partial charge in [-0.2, -0.15) is 0 Å². The van der Waals surface area contributed by atoms with Crippen molar-refractivity contribution >= 4 is 18.5 Å². The molecule has 0 spiro atoms. The van der Waals surface area contributed by atoms with E-state index in [1.165, 1.54) is 47.2 Å². The molecule has 106 valence electrons. The smallest absolute Gasteiger partial charge is 0.0193 e. The molecule has 0 aromatic heterocycles. The Bertz CT molecular complexity index is 499. The van der Waals surface area contributed by atoms with Crippen molar-refractivity contribution < 1.29 is 0 Å². The fourth-order valence-corrected chi connectivity index (χ4v) is 5.12. The van der Waals surface area contributed by atoms with Gasteiger partial charge in [0.15, 0.2) is 0 Å². The van der Waals surface area contributed by atoms with Gasteiger partial charge in [0.25, 0.3) is 0 Å². The van der Waals surface area contributed by atoms with Crippen LogP contribution in [0.4, 0.5) is 0 Å². The zero-order valence-electron chi connectivity index (χ0n) is 12.9. The molecule has 0 aliphatic rings. The van der Waals surface area contributed by atoms with Gasteiger partial charge in [-0.3, -0.25) is 0 Å². The lowest BCUT2D eigenvalue weighted by atomic mass is 10.2. The van der Waals surface area contributed by atoms with Gasteiger partial charge in [-0.15, -0.1) is 0 Å². The molecule has 2 aromatic rings. The molecular weight excluding hydrogens is 259 g/mol. The second kappa shape index (κ2) is 7.60. The zero-order chi connectivity index (χ0) is 14.4. The highest BCUT2D eigenvalue weighted by Crippen LogP contribution is 2.35. The minimum absolute atomic E-state index is 0.195. The highest BCUT2D eigenvalue weighted by atomic mass is 31.1. The number of hydrogen-bond acceptors (Lipinski definition) is 0. The number of unbranched alkanes of at least 4 members (excludes halogenated alkanes) is 2. The van der Waals surface area contributed by atoms with Gasteiger partial charge in [-0.1, -0.05) is 79.4 Å². The first kappa shape index (κ1) is 15.3. The molecule has 0 bridgehead atoms. The summed E-state index contributed by atoms with van der Waals surface area (Å²) in [6, 6.07) is 18.2. The van der Waals surface area contributed by atoms with Gasteiger partial charge in [0.05, 0.1) is 0 Å². The number of rotatable bonds is 6. The third-order valence-electron chi connectivity index (χ3n) is 3.61. The van der Waals surface area contributed by atoms with E-state index in [0.29, 0.717) is 0 Å². The van der Waals surface area contributed by atoms with Crippen LogP contribution in [-0.2, 0) is 0 Å². The van der Waals surface area contributed by atoms with E-state index in [4.69, 9.17) is 0 Å². The molecule has 0 unspecified atom stereocenters. The Labute approximate surface area is 125 Å². The third-order valence-corrected chi connectivity index (χ3v) is 6.18. The Morgan fingerprint density at radius 1 is 0.800 bits per heavy atom. The van der Waals surface area contributed by atoms with Crippen LogP contribution in [0, 0.1) is 13.8 Å². The Hall–Kier alpha value is -1.13. The van der Waals surface area contributed by atoms with Crippen LogP contribution in [0.3, 0.4) is 0 Å². The van der Waals surface area contributed by atoms with Crippen LogP contribution in [0.5, 0.6) is 0 Å². The molecule has 1 heteroatoms. The fraction of sp³-hybridized carbons (Fsp3) is 0.368. The minimum atomic E-state index is -0.195. The van der Waals surface area contributed by atoms with E-state index in [1.807, 2.05) is 0 Å². The summed E-state index contributed by atoms with van der Waals surface area (Å²) in [4.78, 5) is 0. The summed E-state index contributed by atoms with van der Waals surface area (Å²) in [5.41, 5.74) is 2.75. The van der Waals surface area contributed by atoms with Crippen LogP contribution in [-0.4, -0.2) is 6.16 Å². The van der Waals surface area contributed by atoms with E-state index in [9.17, 15) is 0 Å². The second-order valence-electron chi connectivity index (χ2n) is 5.54. The van der Waals surface area contributed by atoms with E-state index in [-0.39, 0.29) is 7.92 Å². The Balaban J connectivity index is 2.29. The lowest BCUT2D eigenvalue weighted by molar-refractivity contribution is 0.777. The summed E-state index contributed by atoms with van der Waals surface area (Å²) in [6.45, 7) is 6.67. The molecule has 2 aromatic carbocycles. The van der Waals surface area contributed by atoms with Crippen molar-refractivity contribution in [1.82, 2.24) is 0 Å². The molecule has 20 heavy (non-hydrogen) atoms. The van der Waals surface area contributed by atoms with Crippen molar-refractivity contribution in [3.63, 3.8) is 0 Å². The Kier molecular flexibility index (Phi) is 5.80. The van der Waals surface area contributed by atoms with Crippen molar-refractivity contribution in [2.24, 2.45) is 0 Å². The van der Waals surface area contributed by atoms with E-state index < -0.39 is 0 Å². The number of aryl methyl sites for hydroxylation is 2. The van der Waals surface area contributed by atoms with Crippen LogP contribution in [0.2, 0.25) is 0 Å². The monoisotopic (exact) mass is 284 g/mol. The molecule has 0 saturated heterocycles. The van der Waals surface area contributed by atoms with E-state index in [2.05, 4.69) is 69.3 Å². The van der Waals surface area contributed by atoms with Gasteiger partial charge in [-0.05, 0) is 45.0 Å². The maximum atomic E-state index is 2.37. The van der Waals surface area contributed by atoms with Crippen LogP contribution in [0.1, 0.15) is 37.3 Å². The van der Waals surface area contributed by atoms with Gasteiger partial charge in [0.1, 0.15) is 0 Å². The fourth-order valence-electron chi connectivity index (χ4n) is 2.52. The first-order valence-corrected chi connectivity index (χ1v) is 9.14. The number of hydrogen-bond donors (Lipinski definition) is 0. The third kappa shape index (κ3) is 4.18. The SMILES string of the molecule is CCCCCP(c1cccc(C)c1)c1cccc(C)c1. The predicted octanol–water partition coefficient (Wildman–Crippen LogP) is 4.93. The van der Waals surface area contributed by atoms with Gasteiger partial charge in [0.2, 0.25) is 0 Å². The molecule has 0 nitrogen and oxygen atoms in total. The molecule has 0 N–H and O–H groups in total. The quantitative estimate of drug-likeness (QED) is 0.521. The standard InChI is InChI=1S/C19H25P/c1-4-5-6-13-20(18-11-7-9-16(2)14-18)19-12-8-10-17(3)15-19/h7-12,14-15H,4-6,13H2,1-3H3. The summed E-state index contributed by atoms with van der Waals surface area (Å²) >= 11 is 0. The van der Waals surface area contributed by atoms with Crippen LogP contribution >= 0.6 is 7.92 Å². The first-order valence-electron chi connectivity index (χ1n) is 7.61. The maximum absolute atomic E-state index is 2.37. The normalized spacial score (nSPS) is 11.0. The number of benzene rings is 2. The van der Waals surface area contributed by atoms with Crippen molar-refractivity contribution in [1.29, 1.82) is 0 Å². The summed E-state index contributed by atoms with van der Waals surface area (Å²) in [5, 5.41) is 3.06. The second-order valence-corrected chi connectivity index (χ2v) is 7.87. The van der Waals surface area contributed by atoms with Crippen LogP contribution in [0.15, 0.2) is 48.5 Å². The minimum Gasteiger partial charge on any atom is -0.0654 e. The topological polar surface area (TPSA) is 0 Å². The highest BCUT2D eigenvalue weighted by molar-refractivity contribution is 7.73. The molecule has 0 atom stereocenters. The maximum Gasteiger partial charge on any atom is -0.0193 e. The molecule has 0 aliphatic heterocycles. The van der Waals surface area contributed by atoms with Crippen LogP contribution < -0.4 is 10.6 Å². The summed E-state index contributed by atoms with van der Waals surface area (Å²) in [7, 11) is -0.195. The van der Waals surface area contributed by atoms with E-state index in [1.54, 1.807) is 0 Å². The van der Waals surface area contributed by atoms with Gasteiger partial charge in [0, 0.05) is 0 Å². The zero-order valence-corrected chi connectivity index (χ0v) is 13.8. The summed E-state index contributed by atoms with van der Waals surface area (Å²) in [6.07, 6.45) is 5.29. The first-order chi connectivity index (χ1) is 9.70. The van der Waals surface area contributed by atoms with E-state index >= 15 is 0 Å². The molecule has 0 fully saturated rings. The van der Waals surface area contributed by atoms with Crippen LogP contribution in [0.25, 0.3) is 0 Å². The van der Waals surface area contributed by atoms with Crippen molar-refractivity contribution in [3.8, 4) is 0 Å². The molecule has 0 aliphatic carbocycles. The lowest BCUT2D eigenvalue weighted by Gasteiger charge is -2.19. The van der Waals surface area contributed by atoms with Gasteiger partial charge in [-0.25, -0.2) is 0 Å².